The molecule has 0 saturated carbocycles. The van der Waals surface area contributed by atoms with Crippen LogP contribution < -0.4 is 5.32 Å². The van der Waals surface area contributed by atoms with Crippen molar-refractivity contribution in [2.24, 2.45) is 0 Å². The molecule has 4 heteroatoms. The van der Waals surface area contributed by atoms with Gasteiger partial charge in [-0.15, -0.1) is 11.3 Å². The molecule has 1 heterocycles. The van der Waals surface area contributed by atoms with Gasteiger partial charge in [0.05, 0.1) is 0 Å². The fraction of sp³-hybridized carbons (Fsp3) is 0.786. The smallest absolute Gasteiger partial charge is 0.182 e. The molecule has 1 rings (SSSR count). The number of aromatic nitrogens is 1. The Labute approximate surface area is 116 Å². The first-order valence-electron chi connectivity index (χ1n) is 7.13. The Morgan fingerprint density at radius 3 is 2.78 bits per heavy atom. The van der Waals surface area contributed by atoms with Crippen LogP contribution in [-0.4, -0.2) is 29.0 Å². The molecule has 1 atom stereocenters. The summed E-state index contributed by atoms with van der Waals surface area (Å²) in [6, 6.07) is 0.654. The second-order valence-corrected chi connectivity index (χ2v) is 5.86. The lowest BCUT2D eigenvalue weighted by Gasteiger charge is -2.27. The molecule has 1 unspecified atom stereocenters. The fourth-order valence-corrected chi connectivity index (χ4v) is 2.79. The maximum atomic E-state index is 4.41. The van der Waals surface area contributed by atoms with E-state index in [9.17, 15) is 0 Å². The number of hydrogen-bond donors (Lipinski definition) is 1. The normalized spacial score (nSPS) is 12.9. The molecule has 0 fully saturated rings. The summed E-state index contributed by atoms with van der Waals surface area (Å²) in [4.78, 5) is 8.34. The van der Waals surface area contributed by atoms with E-state index in [0.29, 0.717) is 6.04 Å². The second kappa shape index (κ2) is 8.48. The molecule has 0 aliphatic rings. The zero-order valence-electron chi connectivity index (χ0n) is 12.2. The van der Waals surface area contributed by atoms with Crippen LogP contribution in [0.15, 0.2) is 6.20 Å². The van der Waals surface area contributed by atoms with Gasteiger partial charge in [-0.2, -0.15) is 0 Å². The van der Waals surface area contributed by atoms with Gasteiger partial charge in [0.1, 0.15) is 0 Å². The Morgan fingerprint density at radius 1 is 1.39 bits per heavy atom. The number of anilines is 1. The first-order valence-corrected chi connectivity index (χ1v) is 7.95. The van der Waals surface area contributed by atoms with Crippen LogP contribution in [0, 0.1) is 0 Å². The summed E-state index contributed by atoms with van der Waals surface area (Å²) in [5, 5.41) is 4.32. The standard InChI is InChI=1S/C14H27N3S/c1-5-8-9-17(12(4)6-2)11-13-10-16-14(18-13)15-7-3/h10,12H,5-9,11H2,1-4H3,(H,15,16). The maximum absolute atomic E-state index is 4.41. The van der Waals surface area contributed by atoms with Gasteiger partial charge in [-0.3, -0.25) is 4.90 Å². The zero-order chi connectivity index (χ0) is 13.4. The quantitative estimate of drug-likeness (QED) is 0.735. The first kappa shape index (κ1) is 15.4. The summed E-state index contributed by atoms with van der Waals surface area (Å²) in [6.45, 7) is 12.1. The summed E-state index contributed by atoms with van der Waals surface area (Å²) >= 11 is 1.78. The largest absolute Gasteiger partial charge is 0.362 e. The fourth-order valence-electron chi connectivity index (χ4n) is 1.89. The lowest BCUT2D eigenvalue weighted by molar-refractivity contribution is 0.194. The minimum atomic E-state index is 0.654. The van der Waals surface area contributed by atoms with Crippen molar-refractivity contribution in [1.82, 2.24) is 9.88 Å². The van der Waals surface area contributed by atoms with Crippen LogP contribution in [0.3, 0.4) is 0 Å². The van der Waals surface area contributed by atoms with E-state index in [0.717, 1.165) is 18.2 Å². The third-order valence-electron chi connectivity index (χ3n) is 3.25. The molecule has 104 valence electrons. The van der Waals surface area contributed by atoms with Crippen molar-refractivity contribution in [2.45, 2.75) is 59.5 Å². The lowest BCUT2D eigenvalue weighted by Crippen LogP contribution is -2.32. The molecule has 18 heavy (non-hydrogen) atoms. The van der Waals surface area contributed by atoms with Crippen molar-refractivity contribution in [3.63, 3.8) is 0 Å². The van der Waals surface area contributed by atoms with E-state index in [1.165, 1.54) is 30.7 Å². The molecular weight excluding hydrogens is 242 g/mol. The van der Waals surface area contributed by atoms with E-state index >= 15 is 0 Å². The number of rotatable bonds is 9. The minimum Gasteiger partial charge on any atom is -0.362 e. The lowest BCUT2D eigenvalue weighted by atomic mass is 10.2. The van der Waals surface area contributed by atoms with Crippen LogP contribution in [0.1, 0.15) is 51.8 Å². The van der Waals surface area contributed by atoms with Crippen LogP contribution >= 0.6 is 11.3 Å². The number of nitrogens with one attached hydrogen (secondary N) is 1. The van der Waals surface area contributed by atoms with Crippen molar-refractivity contribution < 1.29 is 0 Å². The zero-order valence-corrected chi connectivity index (χ0v) is 13.0. The topological polar surface area (TPSA) is 28.2 Å². The molecule has 0 aliphatic carbocycles. The number of nitrogens with zero attached hydrogens (tertiary/aromatic N) is 2. The molecule has 0 amide bonds. The van der Waals surface area contributed by atoms with Gasteiger partial charge in [-0.1, -0.05) is 20.3 Å². The molecule has 0 bridgehead atoms. The second-order valence-electron chi connectivity index (χ2n) is 4.74. The molecule has 0 radical (unpaired) electrons. The highest BCUT2D eigenvalue weighted by Gasteiger charge is 2.13. The van der Waals surface area contributed by atoms with Gasteiger partial charge in [-0.05, 0) is 33.2 Å². The molecule has 1 aromatic rings. The average Bonchev–Trinajstić information content (AvgIpc) is 2.81. The van der Waals surface area contributed by atoms with Crippen molar-refractivity contribution in [3.8, 4) is 0 Å². The van der Waals surface area contributed by atoms with Gasteiger partial charge in [0, 0.05) is 30.2 Å². The summed E-state index contributed by atoms with van der Waals surface area (Å²) in [7, 11) is 0. The van der Waals surface area contributed by atoms with Gasteiger partial charge in [0.15, 0.2) is 5.13 Å². The van der Waals surface area contributed by atoms with Gasteiger partial charge in [0.25, 0.3) is 0 Å². The van der Waals surface area contributed by atoms with Crippen LogP contribution in [0.5, 0.6) is 0 Å². The number of unbranched alkanes of at least 4 members (excludes halogenated alkanes) is 1. The van der Waals surface area contributed by atoms with E-state index in [-0.39, 0.29) is 0 Å². The van der Waals surface area contributed by atoms with Gasteiger partial charge < -0.3 is 5.32 Å². The predicted molar refractivity (Wildman–Crippen MR) is 81.3 cm³/mol. The van der Waals surface area contributed by atoms with Gasteiger partial charge >= 0.3 is 0 Å². The Bertz CT molecular complexity index is 325. The van der Waals surface area contributed by atoms with E-state index in [1.807, 2.05) is 6.20 Å². The predicted octanol–water partition coefficient (Wildman–Crippen LogP) is 3.98. The number of hydrogen-bond acceptors (Lipinski definition) is 4. The van der Waals surface area contributed by atoms with Crippen molar-refractivity contribution in [2.75, 3.05) is 18.4 Å². The van der Waals surface area contributed by atoms with Crippen LogP contribution in [0.2, 0.25) is 0 Å². The van der Waals surface area contributed by atoms with Crippen LogP contribution in [0.25, 0.3) is 0 Å². The maximum Gasteiger partial charge on any atom is 0.182 e. The van der Waals surface area contributed by atoms with Crippen LogP contribution in [0.4, 0.5) is 5.13 Å². The monoisotopic (exact) mass is 269 g/mol. The molecule has 1 aromatic heterocycles. The molecule has 1 N–H and O–H groups in total. The highest BCUT2D eigenvalue weighted by Crippen LogP contribution is 2.21. The summed E-state index contributed by atoms with van der Waals surface area (Å²) in [5.74, 6) is 0. The molecule has 0 spiro atoms. The minimum absolute atomic E-state index is 0.654. The molecule has 0 saturated heterocycles. The van der Waals surface area contributed by atoms with Crippen molar-refractivity contribution in [1.29, 1.82) is 0 Å². The number of thiazole rings is 1. The Morgan fingerprint density at radius 2 is 2.17 bits per heavy atom. The van der Waals surface area contributed by atoms with Gasteiger partial charge in [0.2, 0.25) is 0 Å². The summed E-state index contributed by atoms with van der Waals surface area (Å²) in [5.41, 5.74) is 0. The summed E-state index contributed by atoms with van der Waals surface area (Å²) in [6.07, 6.45) is 5.77. The average molecular weight is 269 g/mol. The highest BCUT2D eigenvalue weighted by atomic mass is 32.1. The third kappa shape index (κ3) is 4.94. The Kier molecular flexibility index (Phi) is 7.28. The Balaban J connectivity index is 2.57. The molecule has 3 nitrogen and oxygen atoms in total. The first-order chi connectivity index (χ1) is 8.71. The summed E-state index contributed by atoms with van der Waals surface area (Å²) < 4.78 is 0. The van der Waals surface area contributed by atoms with Crippen molar-refractivity contribution in [3.05, 3.63) is 11.1 Å². The Hall–Kier alpha value is -0.610. The van der Waals surface area contributed by atoms with Gasteiger partial charge in [-0.25, -0.2) is 4.98 Å². The van der Waals surface area contributed by atoms with E-state index < -0.39 is 0 Å². The highest BCUT2D eigenvalue weighted by molar-refractivity contribution is 7.15. The van der Waals surface area contributed by atoms with E-state index in [4.69, 9.17) is 0 Å². The molecule has 0 aliphatic heterocycles. The third-order valence-corrected chi connectivity index (χ3v) is 4.19. The van der Waals surface area contributed by atoms with E-state index in [2.05, 4.69) is 42.9 Å². The molecule has 0 aromatic carbocycles. The van der Waals surface area contributed by atoms with Crippen molar-refractivity contribution >= 4 is 16.5 Å². The molecular formula is C14H27N3S. The van der Waals surface area contributed by atoms with Crippen LogP contribution in [-0.2, 0) is 6.54 Å². The van der Waals surface area contributed by atoms with E-state index in [1.54, 1.807) is 11.3 Å². The SMILES string of the molecule is CCCCN(Cc1cnc(NCC)s1)C(C)CC.